The Hall–Kier alpha value is 0.690. The summed E-state index contributed by atoms with van der Waals surface area (Å²) in [6.07, 6.45) is 0. The summed E-state index contributed by atoms with van der Waals surface area (Å²) in [4.78, 5) is -0.665. The standard InChI is InChI=1S/C15H17O6PS2.2Na/c1-11(2)22(12-5-3-7-14(9-12)23(16,17)18)13-6-4-8-15(10-13)24(19,20)21;;/h3-11H,1-2H3,(H,16,17,18)(H,19,20,21);;/q;2*+1/p-2. The summed E-state index contributed by atoms with van der Waals surface area (Å²) in [7, 11) is -10.3. The van der Waals surface area contributed by atoms with Gasteiger partial charge in [-0.15, -0.1) is 0 Å². The van der Waals surface area contributed by atoms with Gasteiger partial charge in [0.25, 0.3) is 0 Å². The number of benzene rings is 2. The molecule has 0 aromatic heterocycles. The van der Waals surface area contributed by atoms with E-state index in [1.807, 2.05) is 13.8 Å². The molecular formula is C15H15Na2O6PS2. The third-order valence-electron chi connectivity index (χ3n) is 3.29. The van der Waals surface area contributed by atoms with Crippen molar-refractivity contribution in [2.45, 2.75) is 29.3 Å². The molecule has 0 aliphatic rings. The first kappa shape index (κ1) is 26.7. The van der Waals surface area contributed by atoms with Gasteiger partial charge in [-0.1, -0.05) is 38.1 Å². The molecule has 0 fully saturated rings. The van der Waals surface area contributed by atoms with E-state index in [0.29, 0.717) is 10.6 Å². The van der Waals surface area contributed by atoms with Gasteiger partial charge in [-0.25, -0.2) is 16.8 Å². The molecule has 0 radical (unpaired) electrons. The third kappa shape index (κ3) is 6.94. The fourth-order valence-corrected chi connectivity index (χ4v) is 6.07. The van der Waals surface area contributed by atoms with E-state index in [0.717, 1.165) is 0 Å². The van der Waals surface area contributed by atoms with Crippen LogP contribution in [0.1, 0.15) is 13.8 Å². The van der Waals surface area contributed by atoms with Crippen LogP contribution in [-0.4, -0.2) is 31.6 Å². The minimum absolute atomic E-state index is 0. The molecule has 130 valence electrons. The van der Waals surface area contributed by atoms with Crippen LogP contribution in [0, 0.1) is 0 Å². The van der Waals surface area contributed by atoms with Gasteiger partial charge in [-0.3, -0.25) is 0 Å². The molecule has 0 heterocycles. The van der Waals surface area contributed by atoms with E-state index in [2.05, 4.69) is 0 Å². The van der Waals surface area contributed by atoms with Crippen molar-refractivity contribution in [2.24, 2.45) is 0 Å². The molecule has 6 nitrogen and oxygen atoms in total. The SMILES string of the molecule is CC(C)P(c1cccc(S(=O)(=O)[O-])c1)c1cccc(S(=O)(=O)[O-])c1.[Na+].[Na+]. The smallest absolute Gasteiger partial charge is 0.744 e. The maximum Gasteiger partial charge on any atom is 1.00 e. The summed E-state index contributed by atoms with van der Waals surface area (Å²) in [5.41, 5.74) is 0.0363. The average molecular weight is 432 g/mol. The van der Waals surface area contributed by atoms with E-state index >= 15 is 0 Å². The first-order valence-corrected chi connectivity index (χ1v) is 11.1. The Morgan fingerprint density at radius 2 is 1.12 bits per heavy atom. The fourth-order valence-electron chi connectivity index (χ4n) is 2.32. The summed E-state index contributed by atoms with van der Waals surface area (Å²) >= 11 is 0. The monoisotopic (exact) mass is 432 g/mol. The summed E-state index contributed by atoms with van der Waals surface area (Å²) in [5.74, 6) is 0. The van der Waals surface area contributed by atoms with E-state index in [1.54, 1.807) is 12.1 Å². The van der Waals surface area contributed by atoms with Crippen LogP contribution in [0.5, 0.6) is 0 Å². The average Bonchev–Trinajstić information content (AvgIpc) is 2.46. The van der Waals surface area contributed by atoms with Crippen molar-refractivity contribution in [1.82, 2.24) is 0 Å². The van der Waals surface area contributed by atoms with E-state index < -0.39 is 28.2 Å². The van der Waals surface area contributed by atoms with Gasteiger partial charge in [0.1, 0.15) is 20.2 Å². The molecule has 0 aliphatic carbocycles. The van der Waals surface area contributed by atoms with Crippen LogP contribution in [0.25, 0.3) is 0 Å². The normalized spacial score (nSPS) is 11.8. The van der Waals surface area contributed by atoms with Gasteiger partial charge in [-0.2, -0.15) is 0 Å². The molecule has 0 saturated carbocycles. The zero-order chi connectivity index (χ0) is 18.1. The Bertz CT molecular complexity index is 886. The van der Waals surface area contributed by atoms with Crippen LogP contribution < -0.4 is 69.7 Å². The molecule has 0 unspecified atom stereocenters. The van der Waals surface area contributed by atoms with Crippen molar-refractivity contribution in [1.29, 1.82) is 0 Å². The molecule has 0 atom stereocenters. The maximum absolute atomic E-state index is 11.2. The van der Waals surface area contributed by atoms with Crippen LogP contribution in [0.2, 0.25) is 0 Å². The van der Waals surface area contributed by atoms with Crippen molar-refractivity contribution >= 4 is 38.8 Å². The summed E-state index contributed by atoms with van der Waals surface area (Å²) in [6.45, 7) is 3.81. The Morgan fingerprint density at radius 3 is 1.38 bits per heavy atom. The van der Waals surface area contributed by atoms with Crippen LogP contribution in [-0.2, 0) is 20.2 Å². The van der Waals surface area contributed by atoms with Crippen molar-refractivity contribution in [3.05, 3.63) is 48.5 Å². The number of hydrogen-bond acceptors (Lipinski definition) is 6. The first-order chi connectivity index (χ1) is 11.0. The van der Waals surface area contributed by atoms with Crippen molar-refractivity contribution in [3.63, 3.8) is 0 Å². The second-order valence-corrected chi connectivity index (χ2v) is 10.9. The van der Waals surface area contributed by atoms with E-state index in [9.17, 15) is 25.9 Å². The molecule has 2 aromatic rings. The van der Waals surface area contributed by atoms with E-state index in [1.165, 1.54) is 36.4 Å². The van der Waals surface area contributed by atoms with Crippen LogP contribution in [0.3, 0.4) is 0 Å². The van der Waals surface area contributed by atoms with Gasteiger partial charge in [-0.05, 0) is 48.5 Å². The van der Waals surface area contributed by atoms with Crippen molar-refractivity contribution in [3.8, 4) is 0 Å². The third-order valence-corrected chi connectivity index (χ3v) is 7.65. The second kappa shape index (κ2) is 10.5. The second-order valence-electron chi connectivity index (χ2n) is 5.37. The Labute approximate surface area is 199 Å². The summed E-state index contributed by atoms with van der Waals surface area (Å²) in [5, 5.41) is 1.25. The number of hydrogen-bond donors (Lipinski definition) is 0. The Morgan fingerprint density at radius 1 is 0.769 bits per heavy atom. The van der Waals surface area contributed by atoms with E-state index in [-0.39, 0.29) is 74.6 Å². The van der Waals surface area contributed by atoms with Gasteiger partial charge in [0.2, 0.25) is 0 Å². The fraction of sp³-hybridized carbons (Fsp3) is 0.200. The Kier molecular flexibility index (Phi) is 10.7. The van der Waals surface area contributed by atoms with Crippen LogP contribution in [0.15, 0.2) is 58.3 Å². The molecule has 0 spiro atoms. The summed E-state index contributed by atoms with van der Waals surface area (Å²) < 4.78 is 67.4. The molecule has 0 N–H and O–H groups in total. The van der Waals surface area contributed by atoms with Gasteiger partial charge < -0.3 is 9.11 Å². The number of rotatable bonds is 5. The minimum Gasteiger partial charge on any atom is -0.744 e. The largest absolute Gasteiger partial charge is 1.00 e. The molecule has 2 rings (SSSR count). The molecule has 11 heteroatoms. The quantitative estimate of drug-likeness (QED) is 0.267. The van der Waals surface area contributed by atoms with E-state index in [4.69, 9.17) is 0 Å². The van der Waals surface area contributed by atoms with Gasteiger partial charge in [0, 0.05) is 0 Å². The molecule has 0 aliphatic heterocycles. The van der Waals surface area contributed by atoms with Gasteiger partial charge >= 0.3 is 59.1 Å². The Balaban J connectivity index is 0.00000312. The summed E-state index contributed by atoms with van der Waals surface area (Å²) in [6, 6.07) is 11.4. The van der Waals surface area contributed by atoms with Crippen LogP contribution in [0.4, 0.5) is 0 Å². The molecule has 0 saturated heterocycles. The first-order valence-electron chi connectivity index (χ1n) is 6.91. The maximum atomic E-state index is 11.2. The van der Waals surface area contributed by atoms with Crippen molar-refractivity contribution < 1.29 is 85.1 Å². The van der Waals surface area contributed by atoms with Crippen molar-refractivity contribution in [2.75, 3.05) is 0 Å². The zero-order valence-corrected chi connectivity index (χ0v) is 21.4. The molecule has 0 bridgehead atoms. The van der Waals surface area contributed by atoms with Gasteiger partial charge in [0.05, 0.1) is 9.79 Å². The minimum atomic E-state index is -4.58. The molecule has 26 heavy (non-hydrogen) atoms. The predicted molar refractivity (Wildman–Crippen MR) is 90.1 cm³/mol. The van der Waals surface area contributed by atoms with Crippen LogP contribution >= 0.6 is 7.92 Å². The topological polar surface area (TPSA) is 114 Å². The molecular weight excluding hydrogens is 417 g/mol. The van der Waals surface area contributed by atoms with Gasteiger partial charge in [0.15, 0.2) is 0 Å². The zero-order valence-electron chi connectivity index (χ0n) is 14.9. The molecule has 2 aromatic carbocycles. The molecule has 0 amide bonds. The predicted octanol–water partition coefficient (Wildman–Crippen LogP) is -4.66.